The Morgan fingerprint density at radius 3 is 2.12 bits per heavy atom. The molecule has 0 bridgehead atoms. The Hall–Kier alpha value is -3.19. The number of hydrogen-bond acceptors (Lipinski definition) is 5. The molecule has 6 nitrogen and oxygen atoms in total. The van der Waals surface area contributed by atoms with Crippen LogP contribution < -0.4 is 4.74 Å². The van der Waals surface area contributed by atoms with Crippen molar-refractivity contribution in [2.24, 2.45) is 0 Å². The summed E-state index contributed by atoms with van der Waals surface area (Å²) in [5, 5.41) is 11.4. The average molecular weight is 369 g/mol. The van der Waals surface area contributed by atoms with Crippen LogP contribution in [-0.2, 0) is 15.6 Å². The molecule has 3 aromatic carbocycles. The molecule has 3 aromatic rings. The lowest BCUT2D eigenvalue weighted by molar-refractivity contribution is -0.385. The van der Waals surface area contributed by atoms with Crippen molar-refractivity contribution in [1.82, 2.24) is 0 Å². The van der Waals surface area contributed by atoms with Crippen LogP contribution in [0.2, 0.25) is 0 Å². The first-order chi connectivity index (χ1) is 12.5. The number of para-hydroxylation sites is 1. The molecule has 0 radical (unpaired) electrons. The van der Waals surface area contributed by atoms with E-state index in [-0.39, 0.29) is 16.4 Å². The van der Waals surface area contributed by atoms with Crippen LogP contribution in [0.4, 0.5) is 5.69 Å². The molecule has 0 saturated heterocycles. The molecule has 3 rings (SSSR count). The Bertz CT molecular complexity index is 1020. The van der Waals surface area contributed by atoms with Gasteiger partial charge in [-0.05, 0) is 29.8 Å². The summed E-state index contributed by atoms with van der Waals surface area (Å²) in [7, 11) is -3.72. The highest BCUT2D eigenvalue weighted by atomic mass is 32.2. The average Bonchev–Trinajstić information content (AvgIpc) is 2.63. The zero-order valence-electron chi connectivity index (χ0n) is 13.6. The Labute approximate surface area is 150 Å². The fraction of sp³-hybridized carbons (Fsp3) is 0.0526. The van der Waals surface area contributed by atoms with E-state index in [9.17, 15) is 18.5 Å². The molecular weight excluding hydrogens is 354 g/mol. The molecule has 0 amide bonds. The first-order valence-corrected chi connectivity index (χ1v) is 9.39. The van der Waals surface area contributed by atoms with Crippen LogP contribution >= 0.6 is 0 Å². The van der Waals surface area contributed by atoms with Crippen molar-refractivity contribution < 1.29 is 18.1 Å². The Kier molecular flexibility index (Phi) is 4.99. The number of hydrogen-bond donors (Lipinski definition) is 0. The second-order valence-electron chi connectivity index (χ2n) is 5.55. The van der Waals surface area contributed by atoms with Crippen molar-refractivity contribution in [3.63, 3.8) is 0 Å². The van der Waals surface area contributed by atoms with Gasteiger partial charge in [0.1, 0.15) is 5.75 Å². The van der Waals surface area contributed by atoms with E-state index >= 15 is 0 Å². The topological polar surface area (TPSA) is 86.5 Å². The van der Waals surface area contributed by atoms with Crippen molar-refractivity contribution in [1.29, 1.82) is 0 Å². The van der Waals surface area contributed by atoms with Gasteiger partial charge < -0.3 is 4.74 Å². The number of rotatable bonds is 6. The molecular formula is C19H15NO5S. The van der Waals surface area contributed by atoms with Crippen LogP contribution in [-0.4, -0.2) is 13.3 Å². The van der Waals surface area contributed by atoms with Crippen LogP contribution in [0.15, 0.2) is 83.8 Å². The molecule has 26 heavy (non-hydrogen) atoms. The third-order valence-corrected chi connectivity index (χ3v) is 5.34. The molecule has 132 valence electrons. The number of nitro groups is 1. The summed E-state index contributed by atoms with van der Waals surface area (Å²) in [6.45, 7) is 0. The fourth-order valence-electron chi connectivity index (χ4n) is 2.41. The van der Waals surface area contributed by atoms with E-state index in [0.29, 0.717) is 11.3 Å². The molecule has 0 aliphatic heterocycles. The molecule has 0 aromatic heterocycles. The van der Waals surface area contributed by atoms with E-state index in [1.807, 2.05) is 0 Å². The highest BCUT2D eigenvalue weighted by Gasteiger charge is 2.23. The summed E-state index contributed by atoms with van der Waals surface area (Å²) >= 11 is 0. The molecule has 0 atom stereocenters. The van der Waals surface area contributed by atoms with E-state index in [1.54, 1.807) is 60.7 Å². The molecule has 0 spiro atoms. The number of nitro benzene ring substituents is 1. The van der Waals surface area contributed by atoms with Crippen LogP contribution in [0.1, 0.15) is 5.56 Å². The molecule has 0 fully saturated rings. The first kappa shape index (κ1) is 17.6. The van der Waals surface area contributed by atoms with E-state index in [1.165, 1.54) is 12.1 Å². The second kappa shape index (κ2) is 7.37. The summed E-state index contributed by atoms with van der Waals surface area (Å²) in [4.78, 5) is 10.6. The molecule has 0 aliphatic rings. The lowest BCUT2D eigenvalue weighted by Gasteiger charge is -2.09. The summed E-state index contributed by atoms with van der Waals surface area (Å²) in [5.41, 5.74) is 0.211. The SMILES string of the molecule is O=[N+]([O-])c1cc(S(=O)(=O)Cc2ccccc2)ccc1Oc1ccccc1. The van der Waals surface area contributed by atoms with E-state index < -0.39 is 20.4 Å². The maximum absolute atomic E-state index is 12.6. The minimum Gasteiger partial charge on any atom is -0.450 e. The van der Waals surface area contributed by atoms with E-state index in [4.69, 9.17) is 4.74 Å². The van der Waals surface area contributed by atoms with Gasteiger partial charge in [0.15, 0.2) is 9.84 Å². The van der Waals surface area contributed by atoms with Gasteiger partial charge in [0, 0.05) is 6.07 Å². The van der Waals surface area contributed by atoms with Gasteiger partial charge in [0.2, 0.25) is 5.75 Å². The van der Waals surface area contributed by atoms with Crippen molar-refractivity contribution >= 4 is 15.5 Å². The fourth-order valence-corrected chi connectivity index (χ4v) is 3.78. The summed E-state index contributed by atoms with van der Waals surface area (Å²) < 4.78 is 30.7. The number of nitrogens with zero attached hydrogens (tertiary/aromatic N) is 1. The van der Waals surface area contributed by atoms with Gasteiger partial charge >= 0.3 is 5.69 Å². The molecule has 0 unspecified atom stereocenters. The molecule has 0 N–H and O–H groups in total. The number of benzene rings is 3. The molecule has 0 saturated carbocycles. The Morgan fingerprint density at radius 2 is 1.50 bits per heavy atom. The van der Waals surface area contributed by atoms with Crippen LogP contribution in [0, 0.1) is 10.1 Å². The highest BCUT2D eigenvalue weighted by molar-refractivity contribution is 7.90. The number of sulfone groups is 1. The lowest BCUT2D eigenvalue weighted by Crippen LogP contribution is -2.06. The largest absolute Gasteiger partial charge is 0.450 e. The predicted octanol–water partition coefficient (Wildman–Crippen LogP) is 4.36. The van der Waals surface area contributed by atoms with Gasteiger partial charge in [-0.1, -0.05) is 48.5 Å². The van der Waals surface area contributed by atoms with Crippen molar-refractivity contribution in [3.8, 4) is 11.5 Å². The third-order valence-electron chi connectivity index (χ3n) is 3.66. The van der Waals surface area contributed by atoms with Crippen LogP contribution in [0.25, 0.3) is 0 Å². The van der Waals surface area contributed by atoms with Crippen LogP contribution in [0.3, 0.4) is 0 Å². The summed E-state index contributed by atoms with van der Waals surface area (Å²) in [6, 6.07) is 20.9. The van der Waals surface area contributed by atoms with Gasteiger partial charge in [-0.15, -0.1) is 0 Å². The Balaban J connectivity index is 1.94. The van der Waals surface area contributed by atoms with Crippen molar-refractivity contribution in [2.45, 2.75) is 10.6 Å². The zero-order chi connectivity index (χ0) is 18.6. The normalized spacial score (nSPS) is 11.1. The highest BCUT2D eigenvalue weighted by Crippen LogP contribution is 2.34. The summed E-state index contributed by atoms with van der Waals surface area (Å²) in [5.74, 6) is 0.180. The van der Waals surface area contributed by atoms with Gasteiger partial charge in [0.05, 0.1) is 15.6 Å². The molecule has 0 heterocycles. The van der Waals surface area contributed by atoms with Gasteiger partial charge in [-0.3, -0.25) is 10.1 Å². The Morgan fingerprint density at radius 1 is 0.885 bits per heavy atom. The van der Waals surface area contributed by atoms with Crippen molar-refractivity contribution in [3.05, 3.63) is 94.5 Å². The first-order valence-electron chi connectivity index (χ1n) is 7.74. The second-order valence-corrected chi connectivity index (χ2v) is 7.54. The van der Waals surface area contributed by atoms with Gasteiger partial charge in [-0.25, -0.2) is 8.42 Å². The zero-order valence-corrected chi connectivity index (χ0v) is 14.4. The van der Waals surface area contributed by atoms with E-state index in [0.717, 1.165) is 6.07 Å². The quantitative estimate of drug-likeness (QED) is 0.476. The maximum atomic E-state index is 12.6. The smallest absolute Gasteiger partial charge is 0.312 e. The van der Waals surface area contributed by atoms with Crippen molar-refractivity contribution in [2.75, 3.05) is 0 Å². The minimum atomic E-state index is -3.72. The summed E-state index contributed by atoms with van der Waals surface area (Å²) in [6.07, 6.45) is 0. The molecule has 7 heteroatoms. The van der Waals surface area contributed by atoms with Gasteiger partial charge in [0.25, 0.3) is 0 Å². The standard InChI is InChI=1S/C19H15NO5S/c21-20(22)18-13-17(26(23,24)14-15-7-3-1-4-8-15)11-12-19(18)25-16-9-5-2-6-10-16/h1-13H,14H2. The minimum absolute atomic E-state index is 0.0140. The molecule has 0 aliphatic carbocycles. The van der Waals surface area contributed by atoms with Crippen LogP contribution in [0.5, 0.6) is 11.5 Å². The third kappa shape index (κ3) is 4.07. The van der Waals surface area contributed by atoms with Gasteiger partial charge in [-0.2, -0.15) is 0 Å². The monoisotopic (exact) mass is 369 g/mol. The predicted molar refractivity (Wildman–Crippen MR) is 96.9 cm³/mol. The lowest BCUT2D eigenvalue weighted by atomic mass is 10.2. The van der Waals surface area contributed by atoms with E-state index in [2.05, 4.69) is 0 Å². The number of ether oxygens (including phenoxy) is 1. The maximum Gasteiger partial charge on any atom is 0.312 e.